The van der Waals surface area contributed by atoms with Gasteiger partial charge in [-0.1, -0.05) is 0 Å². The van der Waals surface area contributed by atoms with Gasteiger partial charge in [-0.05, 0) is 31.1 Å². The van der Waals surface area contributed by atoms with Crippen molar-refractivity contribution < 1.29 is 10.2 Å². The molecule has 0 unspecified atom stereocenters. The Morgan fingerprint density at radius 2 is 1.22 bits per heavy atom. The van der Waals surface area contributed by atoms with E-state index >= 15 is 0 Å². The summed E-state index contributed by atoms with van der Waals surface area (Å²) < 4.78 is 0. The predicted molar refractivity (Wildman–Crippen MR) is 32.8 cm³/mol. The average molecular weight is 128 g/mol. The van der Waals surface area contributed by atoms with Gasteiger partial charge in [0, 0.05) is 0 Å². The number of aliphatic hydroxyl groups is 2. The first-order valence-electron chi connectivity index (χ1n) is 3.63. The van der Waals surface area contributed by atoms with Crippen LogP contribution in [-0.4, -0.2) is 22.4 Å². The molecule has 2 rings (SSSR count). The average Bonchev–Trinajstić information content (AvgIpc) is 2.24. The Hall–Kier alpha value is -0.0800. The fourth-order valence-electron chi connectivity index (χ4n) is 2.21. The van der Waals surface area contributed by atoms with Crippen LogP contribution in [0.15, 0.2) is 0 Å². The van der Waals surface area contributed by atoms with Crippen LogP contribution in [0.25, 0.3) is 0 Å². The molecule has 0 aromatic carbocycles. The highest BCUT2D eigenvalue weighted by Crippen LogP contribution is 2.44. The zero-order valence-corrected chi connectivity index (χ0v) is 5.33. The summed E-state index contributed by atoms with van der Waals surface area (Å²) >= 11 is 0. The zero-order valence-electron chi connectivity index (χ0n) is 5.33. The van der Waals surface area contributed by atoms with Crippen LogP contribution >= 0.6 is 0 Å². The second kappa shape index (κ2) is 1.70. The van der Waals surface area contributed by atoms with E-state index in [1.54, 1.807) is 0 Å². The molecule has 2 N–H and O–H groups in total. The molecule has 2 heteroatoms. The van der Waals surface area contributed by atoms with Crippen molar-refractivity contribution in [3.05, 3.63) is 0 Å². The maximum atomic E-state index is 9.23. The standard InChI is InChI=1S/C7H12O2/c8-6-2-4-1-5(6)3-7(4)9/h4-9H,1-3H2/t4-,5+,6-,7+. The maximum Gasteiger partial charge on any atom is 0.0573 e. The third-order valence-corrected chi connectivity index (χ3v) is 2.78. The molecule has 0 spiro atoms. The lowest BCUT2D eigenvalue weighted by Crippen LogP contribution is -2.24. The first-order valence-corrected chi connectivity index (χ1v) is 3.63. The van der Waals surface area contributed by atoms with E-state index in [0.29, 0.717) is 11.8 Å². The van der Waals surface area contributed by atoms with E-state index in [2.05, 4.69) is 0 Å². The molecule has 2 aliphatic rings. The van der Waals surface area contributed by atoms with Crippen LogP contribution in [0.4, 0.5) is 0 Å². The van der Waals surface area contributed by atoms with Crippen LogP contribution in [0, 0.1) is 11.8 Å². The summed E-state index contributed by atoms with van der Waals surface area (Å²) in [6.45, 7) is 0. The van der Waals surface area contributed by atoms with Crippen LogP contribution in [0.2, 0.25) is 0 Å². The van der Waals surface area contributed by atoms with Crippen LogP contribution in [0.1, 0.15) is 19.3 Å². The molecule has 0 heterocycles. The van der Waals surface area contributed by atoms with Crippen molar-refractivity contribution in [2.45, 2.75) is 31.5 Å². The molecule has 2 bridgehead atoms. The van der Waals surface area contributed by atoms with Crippen molar-refractivity contribution in [2.75, 3.05) is 0 Å². The van der Waals surface area contributed by atoms with Crippen molar-refractivity contribution in [3.63, 3.8) is 0 Å². The Morgan fingerprint density at radius 3 is 1.44 bits per heavy atom. The first-order chi connectivity index (χ1) is 4.27. The molecule has 2 fully saturated rings. The molecule has 0 saturated heterocycles. The lowest BCUT2D eigenvalue weighted by atomic mass is 9.95. The molecule has 0 aliphatic heterocycles. The normalized spacial score (nSPS) is 56.7. The highest BCUT2D eigenvalue weighted by Gasteiger charge is 2.44. The van der Waals surface area contributed by atoms with Crippen molar-refractivity contribution in [1.29, 1.82) is 0 Å². The molecular weight excluding hydrogens is 116 g/mol. The van der Waals surface area contributed by atoms with Gasteiger partial charge >= 0.3 is 0 Å². The minimum absolute atomic E-state index is 0.0987. The number of fused-ring (bicyclic) bond motifs is 2. The predicted octanol–water partition coefficient (Wildman–Crippen LogP) is 0.138. The van der Waals surface area contributed by atoms with Gasteiger partial charge in [-0.2, -0.15) is 0 Å². The van der Waals surface area contributed by atoms with Crippen LogP contribution in [-0.2, 0) is 0 Å². The van der Waals surface area contributed by atoms with Gasteiger partial charge in [0.2, 0.25) is 0 Å². The lowest BCUT2D eigenvalue weighted by molar-refractivity contribution is 0.0447. The van der Waals surface area contributed by atoms with Crippen molar-refractivity contribution in [2.24, 2.45) is 11.8 Å². The van der Waals surface area contributed by atoms with E-state index in [4.69, 9.17) is 0 Å². The van der Waals surface area contributed by atoms with E-state index in [9.17, 15) is 10.2 Å². The third-order valence-electron chi connectivity index (χ3n) is 2.78. The Bertz CT molecular complexity index is 106. The molecule has 0 aromatic heterocycles. The summed E-state index contributed by atoms with van der Waals surface area (Å²) in [6, 6.07) is 0. The second-order valence-corrected chi connectivity index (χ2v) is 3.36. The summed E-state index contributed by atoms with van der Waals surface area (Å²) in [4.78, 5) is 0. The lowest BCUT2D eigenvalue weighted by Gasteiger charge is -2.19. The summed E-state index contributed by atoms with van der Waals surface area (Å²) in [6.07, 6.45) is 2.54. The van der Waals surface area contributed by atoms with Crippen LogP contribution < -0.4 is 0 Å². The monoisotopic (exact) mass is 128 g/mol. The summed E-state index contributed by atoms with van der Waals surface area (Å²) in [7, 11) is 0. The fourth-order valence-corrected chi connectivity index (χ4v) is 2.21. The summed E-state index contributed by atoms with van der Waals surface area (Å²) in [5.41, 5.74) is 0. The summed E-state index contributed by atoms with van der Waals surface area (Å²) in [5.74, 6) is 0.843. The second-order valence-electron chi connectivity index (χ2n) is 3.36. The van der Waals surface area contributed by atoms with E-state index < -0.39 is 0 Å². The van der Waals surface area contributed by atoms with Gasteiger partial charge in [-0.3, -0.25) is 0 Å². The number of hydrogen-bond donors (Lipinski definition) is 2. The number of aliphatic hydroxyl groups excluding tert-OH is 2. The Labute approximate surface area is 54.5 Å². The van der Waals surface area contributed by atoms with Crippen LogP contribution in [0.5, 0.6) is 0 Å². The molecule has 2 aliphatic carbocycles. The molecule has 2 nitrogen and oxygen atoms in total. The molecule has 0 aromatic rings. The molecule has 0 amide bonds. The highest BCUT2D eigenvalue weighted by molar-refractivity contribution is 4.95. The van der Waals surface area contributed by atoms with Gasteiger partial charge in [0.15, 0.2) is 0 Å². The molecule has 0 radical (unpaired) electrons. The van der Waals surface area contributed by atoms with E-state index in [0.717, 1.165) is 19.3 Å². The highest BCUT2D eigenvalue weighted by atomic mass is 16.3. The summed E-state index contributed by atoms with van der Waals surface area (Å²) in [5, 5.41) is 18.5. The van der Waals surface area contributed by atoms with Gasteiger partial charge in [0.1, 0.15) is 0 Å². The fraction of sp³-hybridized carbons (Fsp3) is 1.00. The first kappa shape index (κ1) is 5.69. The smallest absolute Gasteiger partial charge is 0.0573 e. The molecular formula is C7H12O2. The minimum atomic E-state index is -0.0987. The van der Waals surface area contributed by atoms with Crippen molar-refractivity contribution in [1.82, 2.24) is 0 Å². The van der Waals surface area contributed by atoms with Gasteiger partial charge < -0.3 is 10.2 Å². The Balaban J connectivity index is 2.10. The third kappa shape index (κ3) is 0.700. The van der Waals surface area contributed by atoms with Gasteiger partial charge in [0.25, 0.3) is 0 Å². The molecule has 52 valence electrons. The quantitative estimate of drug-likeness (QED) is 0.487. The topological polar surface area (TPSA) is 40.5 Å². The van der Waals surface area contributed by atoms with Gasteiger partial charge in [0.05, 0.1) is 12.2 Å². The number of hydrogen-bond acceptors (Lipinski definition) is 2. The van der Waals surface area contributed by atoms with E-state index in [1.165, 1.54) is 0 Å². The largest absolute Gasteiger partial charge is 0.393 e. The molecule has 9 heavy (non-hydrogen) atoms. The molecule has 2 saturated carbocycles. The van der Waals surface area contributed by atoms with Gasteiger partial charge in [-0.25, -0.2) is 0 Å². The SMILES string of the molecule is O[C@@H]1C[C@H]2C[C@H]1C[C@@H]2O. The number of rotatable bonds is 0. The Morgan fingerprint density at radius 1 is 0.778 bits per heavy atom. The Kier molecular flexibility index (Phi) is 1.08. The zero-order chi connectivity index (χ0) is 6.43. The van der Waals surface area contributed by atoms with Gasteiger partial charge in [-0.15, -0.1) is 0 Å². The van der Waals surface area contributed by atoms with Crippen molar-refractivity contribution in [3.8, 4) is 0 Å². The minimum Gasteiger partial charge on any atom is -0.393 e. The molecule has 4 atom stereocenters. The van der Waals surface area contributed by atoms with Crippen LogP contribution in [0.3, 0.4) is 0 Å². The van der Waals surface area contributed by atoms with E-state index in [1.807, 2.05) is 0 Å². The maximum absolute atomic E-state index is 9.23. The van der Waals surface area contributed by atoms with Crippen molar-refractivity contribution >= 4 is 0 Å². The van der Waals surface area contributed by atoms with E-state index in [-0.39, 0.29) is 12.2 Å².